The van der Waals surface area contributed by atoms with Gasteiger partial charge in [0.2, 0.25) is 5.95 Å². The van der Waals surface area contributed by atoms with Crippen LogP contribution in [0.25, 0.3) is 0 Å². The Morgan fingerprint density at radius 3 is 2.04 bits per heavy atom. The van der Waals surface area contributed by atoms with Crippen molar-refractivity contribution in [2.45, 2.75) is 70.8 Å². The number of alkyl halides is 9. The van der Waals surface area contributed by atoms with Crippen LogP contribution in [0.3, 0.4) is 0 Å². The highest BCUT2D eigenvalue weighted by atomic mass is 19.4. The number of carbonyl (C=O) groups excluding carboxylic acids is 1. The number of hydrogen-bond donors (Lipinski definition) is 1. The van der Waals surface area contributed by atoms with Crippen molar-refractivity contribution < 1.29 is 63.7 Å². The van der Waals surface area contributed by atoms with Crippen molar-refractivity contribution in [3.63, 3.8) is 0 Å². The molecule has 1 amide bonds. The molecule has 2 aliphatic heterocycles. The molecule has 1 aromatic carbocycles. The summed E-state index contributed by atoms with van der Waals surface area (Å²) in [7, 11) is 0. The Labute approximate surface area is 302 Å². The van der Waals surface area contributed by atoms with Crippen LogP contribution >= 0.6 is 0 Å². The zero-order valence-corrected chi connectivity index (χ0v) is 29.0. The van der Waals surface area contributed by atoms with Gasteiger partial charge in [-0.25, -0.2) is 19.7 Å². The largest absolute Gasteiger partial charge is 0.481 e. The number of halogens is 9. The number of carboxylic acid groups (broad SMARTS) is 1. The van der Waals surface area contributed by atoms with E-state index in [9.17, 15) is 54.2 Å². The van der Waals surface area contributed by atoms with Crippen LogP contribution < -0.4 is 14.7 Å². The van der Waals surface area contributed by atoms with E-state index in [-0.39, 0.29) is 30.5 Å². The van der Waals surface area contributed by atoms with Crippen LogP contribution in [-0.4, -0.2) is 71.1 Å². The molecule has 0 aliphatic carbocycles. The minimum atomic E-state index is -5.19. The summed E-state index contributed by atoms with van der Waals surface area (Å²) in [6, 6.07) is 0.258. The summed E-state index contributed by atoms with van der Waals surface area (Å²) in [5, 5.41) is 9.50. The normalized spacial score (nSPS) is 18.3. The van der Waals surface area contributed by atoms with Gasteiger partial charge >= 0.3 is 30.6 Å². The molecule has 294 valence electrons. The predicted octanol–water partition coefficient (Wildman–Crippen LogP) is 7.75. The highest BCUT2D eigenvalue weighted by molar-refractivity contribution is 5.90. The van der Waals surface area contributed by atoms with E-state index >= 15 is 0 Å². The second-order valence-electron chi connectivity index (χ2n) is 13.4. The van der Waals surface area contributed by atoms with Gasteiger partial charge in [0.15, 0.2) is 0 Å². The summed E-state index contributed by atoms with van der Waals surface area (Å²) in [5.74, 6) is -1.56. The first-order chi connectivity index (χ1) is 25.1. The molecule has 3 aromatic rings. The van der Waals surface area contributed by atoms with Crippen molar-refractivity contribution in [1.82, 2.24) is 15.0 Å². The number of morpholine rings is 1. The quantitative estimate of drug-likeness (QED) is 0.216. The van der Waals surface area contributed by atoms with Crippen molar-refractivity contribution >= 4 is 29.4 Å². The van der Waals surface area contributed by atoms with Gasteiger partial charge in [-0.1, -0.05) is 6.92 Å². The SMILES string of the molecule is CC[C@@H]1CC(N(Cc2cc(C(F)(F)F)cc(C(F)(F)F)c2)c2ncc(N3CCOCC3)cn2)c2nc(C(F)(F)F)ccc2N1C(=O)OCC(C)(C)C(=O)O. The number of fused-ring (bicyclic) bond motifs is 1. The zero-order valence-electron chi connectivity index (χ0n) is 29.0. The van der Waals surface area contributed by atoms with Gasteiger partial charge in [0.25, 0.3) is 0 Å². The number of aliphatic carboxylic acids is 1. The third-order valence-corrected chi connectivity index (χ3v) is 9.07. The van der Waals surface area contributed by atoms with E-state index < -0.39 is 89.3 Å². The second-order valence-corrected chi connectivity index (χ2v) is 13.4. The molecule has 0 radical (unpaired) electrons. The lowest BCUT2D eigenvalue weighted by atomic mass is 9.91. The van der Waals surface area contributed by atoms with Gasteiger partial charge in [-0.15, -0.1) is 0 Å². The van der Waals surface area contributed by atoms with Gasteiger partial charge < -0.3 is 24.4 Å². The number of carbonyl (C=O) groups is 2. The minimum Gasteiger partial charge on any atom is -0.481 e. The first kappa shape index (κ1) is 40.3. The average Bonchev–Trinajstić information content (AvgIpc) is 3.11. The maximum Gasteiger partial charge on any atom is 0.433 e. The van der Waals surface area contributed by atoms with Gasteiger partial charge in [-0.05, 0) is 62.6 Å². The second kappa shape index (κ2) is 15.1. The van der Waals surface area contributed by atoms with Gasteiger partial charge in [-0.2, -0.15) is 39.5 Å². The van der Waals surface area contributed by atoms with E-state index in [1.165, 1.54) is 26.2 Å². The van der Waals surface area contributed by atoms with Gasteiger partial charge in [0.1, 0.15) is 12.3 Å². The van der Waals surface area contributed by atoms with Gasteiger partial charge in [0.05, 0.1) is 65.3 Å². The maximum absolute atomic E-state index is 14.1. The molecular weight excluding hydrogens is 743 g/mol. The summed E-state index contributed by atoms with van der Waals surface area (Å²) in [6.45, 7) is 4.54. The lowest BCUT2D eigenvalue weighted by Gasteiger charge is -2.43. The molecular formula is C34H35F9N6O5. The lowest BCUT2D eigenvalue weighted by Crippen LogP contribution is -2.49. The van der Waals surface area contributed by atoms with E-state index in [0.29, 0.717) is 50.2 Å². The highest BCUT2D eigenvalue weighted by Crippen LogP contribution is 2.45. The average molecular weight is 779 g/mol. The lowest BCUT2D eigenvalue weighted by molar-refractivity contribution is -0.149. The smallest absolute Gasteiger partial charge is 0.433 e. The molecule has 1 saturated heterocycles. The molecule has 2 aromatic heterocycles. The van der Waals surface area contributed by atoms with E-state index in [2.05, 4.69) is 15.0 Å². The Morgan fingerprint density at radius 2 is 1.52 bits per heavy atom. The Bertz CT molecular complexity index is 1800. The first-order valence-electron chi connectivity index (χ1n) is 16.6. The van der Waals surface area contributed by atoms with Crippen LogP contribution in [-0.2, 0) is 39.3 Å². The highest BCUT2D eigenvalue weighted by Gasteiger charge is 2.44. The summed E-state index contributed by atoms with van der Waals surface area (Å²) in [5.41, 5.74) is -6.80. The number of pyridine rings is 1. The zero-order chi connectivity index (χ0) is 39.8. The van der Waals surface area contributed by atoms with Crippen molar-refractivity contribution in [3.8, 4) is 0 Å². The van der Waals surface area contributed by atoms with Crippen LogP contribution in [0.5, 0.6) is 0 Å². The van der Waals surface area contributed by atoms with Crippen LogP contribution in [0, 0.1) is 5.41 Å². The Hall–Kier alpha value is -4.88. The number of carboxylic acids is 1. The fourth-order valence-electron chi connectivity index (χ4n) is 6.07. The van der Waals surface area contributed by atoms with Crippen molar-refractivity contribution in [2.75, 3.05) is 47.6 Å². The van der Waals surface area contributed by atoms with Gasteiger partial charge in [-0.3, -0.25) is 9.69 Å². The van der Waals surface area contributed by atoms with Crippen molar-refractivity contribution in [2.24, 2.45) is 5.41 Å². The van der Waals surface area contributed by atoms with E-state index in [1.54, 1.807) is 6.92 Å². The molecule has 20 heteroatoms. The number of anilines is 3. The third-order valence-electron chi connectivity index (χ3n) is 9.07. The number of nitrogens with zero attached hydrogens (tertiary/aromatic N) is 6. The number of hydrogen-bond acceptors (Lipinski definition) is 9. The van der Waals surface area contributed by atoms with Crippen LogP contribution in [0.15, 0.2) is 42.7 Å². The molecule has 0 saturated carbocycles. The molecule has 4 heterocycles. The molecule has 1 unspecified atom stereocenters. The molecule has 1 N–H and O–H groups in total. The van der Waals surface area contributed by atoms with E-state index in [4.69, 9.17) is 9.47 Å². The van der Waals surface area contributed by atoms with Crippen molar-refractivity contribution in [1.29, 1.82) is 0 Å². The minimum absolute atomic E-state index is 0.0449. The predicted molar refractivity (Wildman–Crippen MR) is 174 cm³/mol. The molecule has 11 nitrogen and oxygen atoms in total. The molecule has 2 atom stereocenters. The van der Waals surface area contributed by atoms with Crippen molar-refractivity contribution in [3.05, 3.63) is 70.8 Å². The molecule has 0 bridgehead atoms. The van der Waals surface area contributed by atoms with Crippen LogP contribution in [0.1, 0.15) is 67.7 Å². The van der Waals surface area contributed by atoms with Crippen LogP contribution in [0.2, 0.25) is 0 Å². The standard InChI is InChI=1S/C34H35F9N6O5/c1-4-22-14-25(27-24(5-6-26(46-27)34(41,42)43)49(22)30(52)54-18-31(2,3)28(50)51)48(29-44-15-23(16-45-29)47-7-9-53-10-8-47)17-19-11-20(32(35,36)37)13-21(12-19)33(38,39)40/h5-6,11-13,15-16,22,25H,4,7-10,14,17-18H2,1-3H3,(H,50,51)/t22-,25?/m1/s1. The van der Waals surface area contributed by atoms with Crippen LogP contribution in [0.4, 0.5) is 61.6 Å². The summed E-state index contributed by atoms with van der Waals surface area (Å²) in [6.07, 6.45) is -13.9. The fraction of sp³-hybridized carbons (Fsp3) is 0.500. The number of benzene rings is 1. The molecule has 54 heavy (non-hydrogen) atoms. The fourth-order valence-corrected chi connectivity index (χ4v) is 6.07. The summed E-state index contributed by atoms with van der Waals surface area (Å²) >= 11 is 0. The van der Waals surface area contributed by atoms with Gasteiger partial charge in [0, 0.05) is 25.7 Å². The number of ether oxygens (including phenoxy) is 2. The molecule has 2 aliphatic rings. The maximum atomic E-state index is 14.1. The monoisotopic (exact) mass is 778 g/mol. The molecule has 0 spiro atoms. The Kier molecular flexibility index (Phi) is 11.3. The topological polar surface area (TPSA) is 121 Å². The first-order valence-corrected chi connectivity index (χ1v) is 16.6. The van der Waals surface area contributed by atoms with E-state index in [1.807, 2.05) is 4.90 Å². The molecule has 5 rings (SSSR count). The number of amides is 1. The number of rotatable bonds is 9. The summed E-state index contributed by atoms with van der Waals surface area (Å²) in [4.78, 5) is 41.8. The Morgan fingerprint density at radius 1 is 0.926 bits per heavy atom. The Balaban J connectivity index is 1.67. The summed E-state index contributed by atoms with van der Waals surface area (Å²) < 4.78 is 136. The molecule has 1 fully saturated rings. The third kappa shape index (κ3) is 8.90. The van der Waals surface area contributed by atoms with E-state index in [0.717, 1.165) is 15.9 Å². The number of aromatic nitrogens is 3.